The number of carboxylic acids is 1. The molecule has 3 aliphatic heterocycles. The van der Waals surface area contributed by atoms with E-state index in [0.717, 1.165) is 29.3 Å². The zero-order valence-corrected chi connectivity index (χ0v) is 37.6. The molecule has 1 saturated carbocycles. The maximum absolute atomic E-state index is 16.7. The summed E-state index contributed by atoms with van der Waals surface area (Å²) in [4.78, 5) is 83.4. The molecule has 0 radical (unpaired) electrons. The molecule has 2 saturated heterocycles. The molecule has 1 aliphatic carbocycles. The molecule has 3 aromatic heterocycles. The highest BCUT2D eigenvalue weighted by molar-refractivity contribution is 5.93. The van der Waals surface area contributed by atoms with Crippen LogP contribution < -0.4 is 15.4 Å². The summed E-state index contributed by atoms with van der Waals surface area (Å²) in [6.45, 7) is 8.42. The average Bonchev–Trinajstić information content (AvgIpc) is 3.95. The number of imidazole rings is 2. The fourth-order valence-electron chi connectivity index (χ4n) is 9.92. The third-order valence-electron chi connectivity index (χ3n) is 13.5. The number of nitrogens with zero attached hydrogens (tertiary/aromatic N) is 5. The number of hydrogen-bond donors (Lipinski definition) is 5. The summed E-state index contributed by atoms with van der Waals surface area (Å²) in [7, 11) is 2.51. The van der Waals surface area contributed by atoms with Crippen molar-refractivity contribution in [2.75, 3.05) is 27.3 Å². The molecule has 18 nitrogen and oxygen atoms in total. The number of carbonyl (C=O) groups excluding carboxylic acids is 4. The zero-order chi connectivity index (χ0) is 46.7. The van der Waals surface area contributed by atoms with Gasteiger partial charge in [0.2, 0.25) is 11.8 Å². The van der Waals surface area contributed by atoms with Gasteiger partial charge < -0.3 is 54.3 Å². The maximum atomic E-state index is 16.7. The van der Waals surface area contributed by atoms with Gasteiger partial charge >= 0.3 is 18.2 Å². The van der Waals surface area contributed by atoms with Crippen molar-refractivity contribution in [2.45, 2.75) is 90.2 Å². The molecule has 2 aromatic carbocycles. The molecule has 348 valence electrons. The fourth-order valence-corrected chi connectivity index (χ4v) is 9.92. The van der Waals surface area contributed by atoms with Crippen LogP contribution in [0, 0.1) is 29.5 Å². The number of benzene rings is 2. The number of rotatable bonds is 12. The lowest BCUT2D eigenvalue weighted by Gasteiger charge is -2.31. The number of aliphatic carboxylic acids is 1. The van der Waals surface area contributed by atoms with Crippen LogP contribution >= 0.6 is 0 Å². The third-order valence-corrected chi connectivity index (χ3v) is 13.5. The summed E-state index contributed by atoms with van der Waals surface area (Å²) in [6.07, 6.45) is 4.45. The number of aromatic amines is 2. The quantitative estimate of drug-likeness (QED) is 0.0863. The Balaban J connectivity index is 1.01. The molecule has 0 spiro atoms. The monoisotopic (exact) mass is 907 g/mol. The summed E-state index contributed by atoms with van der Waals surface area (Å²) in [5, 5.41) is 16.1. The number of H-pyrrole nitrogens is 2. The number of hydrogen-bond acceptors (Lipinski definition) is 10. The van der Waals surface area contributed by atoms with Crippen molar-refractivity contribution in [1.29, 1.82) is 0 Å². The predicted octanol–water partition coefficient (Wildman–Crippen LogP) is 6.93. The maximum Gasteiger partial charge on any atom is 0.407 e. The van der Waals surface area contributed by atoms with E-state index in [4.69, 9.17) is 19.2 Å². The Morgan fingerprint density at radius 1 is 0.803 bits per heavy atom. The molecule has 0 bridgehead atoms. The topological polar surface area (TPSA) is 226 Å². The van der Waals surface area contributed by atoms with Gasteiger partial charge in [-0.15, -0.1) is 0 Å². The molecule has 6 heterocycles. The molecular weight excluding hydrogens is 854 g/mol. The van der Waals surface area contributed by atoms with E-state index in [9.17, 15) is 29.1 Å². The number of carboxylic acid groups (broad SMARTS) is 1. The summed E-state index contributed by atoms with van der Waals surface area (Å²) in [6, 6.07) is 8.55. The van der Waals surface area contributed by atoms with Gasteiger partial charge in [-0.3, -0.25) is 14.4 Å². The first-order valence-corrected chi connectivity index (χ1v) is 22.5. The van der Waals surface area contributed by atoms with Gasteiger partial charge in [0.25, 0.3) is 0 Å². The molecule has 5 aromatic rings. The average molecular weight is 908 g/mol. The molecule has 7 atom stereocenters. The van der Waals surface area contributed by atoms with E-state index in [2.05, 4.69) is 25.6 Å². The van der Waals surface area contributed by atoms with Gasteiger partial charge in [-0.1, -0.05) is 33.8 Å². The summed E-state index contributed by atoms with van der Waals surface area (Å²) < 4.78 is 34.8. The highest BCUT2D eigenvalue weighted by Crippen LogP contribution is 2.54. The molecular formula is C47H54FN9O9. The first kappa shape index (κ1) is 44.3. The van der Waals surface area contributed by atoms with Gasteiger partial charge in [-0.05, 0) is 74.3 Å². The van der Waals surface area contributed by atoms with Crippen LogP contribution in [0.2, 0.25) is 0 Å². The first-order chi connectivity index (χ1) is 31.7. The summed E-state index contributed by atoms with van der Waals surface area (Å²) >= 11 is 0. The normalized spacial score (nSPS) is 21.9. The van der Waals surface area contributed by atoms with Crippen molar-refractivity contribution in [3.8, 4) is 39.5 Å². The zero-order valence-electron chi connectivity index (χ0n) is 37.6. The SMILES string of the molecule is COC(=O)N[C@H](C(=O)N1CCC[C@H]1c1ncc(-c2cc(F)c3c(c2)OC(C2CC2C(=O)O)n2c-3cc3cc(-c4cnc([C@@H]5CCCN5C(=O)[C@@H](NC(=O)OC)C(C)C)[nH]4)ccc32)[nH]1)C(C)C. The highest BCUT2D eigenvalue weighted by atomic mass is 19.1. The number of aromatic nitrogens is 5. The molecule has 19 heteroatoms. The van der Waals surface area contributed by atoms with E-state index in [1.54, 1.807) is 28.3 Å². The van der Waals surface area contributed by atoms with E-state index in [-0.39, 0.29) is 46.9 Å². The minimum Gasteiger partial charge on any atom is -0.481 e. The number of fused-ring (bicyclic) bond motifs is 5. The Morgan fingerprint density at radius 2 is 1.36 bits per heavy atom. The molecule has 5 N–H and O–H groups in total. The van der Waals surface area contributed by atoms with Gasteiger partial charge in [-0.25, -0.2) is 23.9 Å². The Labute approximate surface area is 379 Å². The Hall–Kier alpha value is -6.92. The number of alkyl carbamates (subject to hydrolysis) is 2. The molecule has 9 rings (SSSR count). The Morgan fingerprint density at radius 3 is 1.88 bits per heavy atom. The molecule has 3 fully saturated rings. The standard InChI is InChI=1S/C47H54FN9O9/c1-22(2)38(53-46(62)64-5)42(58)55-13-7-9-33(55)40-49-20-30(51-40)24-11-12-32-26(15-24)17-35-37-29(48)16-25(18-36(37)66-44(57(32)35)27-19-28(27)45(60)61)31-21-50-41(52-31)34-10-8-14-56(34)43(59)39(23(3)4)54-47(63)65-6/h11-12,15-18,20-23,27-28,33-34,38-39,44H,7-10,13-14,19H2,1-6H3,(H,49,51)(H,50,52)(H,53,62)(H,54,63)(H,60,61)/t27?,28?,33-,34-,38-,39-,44?/m0/s1. The second kappa shape index (κ2) is 17.5. The van der Waals surface area contributed by atoms with Gasteiger partial charge in [-0.2, -0.15) is 0 Å². The van der Waals surface area contributed by atoms with Crippen molar-refractivity contribution in [2.24, 2.45) is 23.7 Å². The Bertz CT molecular complexity index is 2730. The van der Waals surface area contributed by atoms with Gasteiger partial charge in [0.1, 0.15) is 35.3 Å². The lowest BCUT2D eigenvalue weighted by Crippen LogP contribution is -2.51. The smallest absolute Gasteiger partial charge is 0.407 e. The second-order valence-electron chi connectivity index (χ2n) is 18.3. The third kappa shape index (κ3) is 7.97. The van der Waals surface area contributed by atoms with Gasteiger partial charge in [0.05, 0.1) is 72.8 Å². The number of nitrogens with one attached hydrogen (secondary N) is 4. The van der Waals surface area contributed by atoms with Crippen LogP contribution in [0.4, 0.5) is 14.0 Å². The minimum absolute atomic E-state index is 0.173. The predicted molar refractivity (Wildman–Crippen MR) is 237 cm³/mol. The number of methoxy groups -OCH3 is 2. The van der Waals surface area contributed by atoms with Crippen molar-refractivity contribution in [3.05, 3.63) is 66.3 Å². The number of amides is 4. The van der Waals surface area contributed by atoms with E-state index in [0.29, 0.717) is 66.6 Å². The van der Waals surface area contributed by atoms with Crippen LogP contribution in [-0.2, 0) is 23.9 Å². The van der Waals surface area contributed by atoms with Crippen LogP contribution in [0.15, 0.2) is 48.8 Å². The Kier molecular flexibility index (Phi) is 11.7. The second-order valence-corrected chi connectivity index (χ2v) is 18.3. The molecule has 4 aliphatic rings. The summed E-state index contributed by atoms with van der Waals surface area (Å²) in [5.41, 5.74) is 4.00. The molecule has 3 unspecified atom stereocenters. The van der Waals surface area contributed by atoms with Crippen molar-refractivity contribution < 1.29 is 47.7 Å². The fraction of sp³-hybridized carbons (Fsp3) is 0.468. The largest absolute Gasteiger partial charge is 0.481 e. The van der Waals surface area contributed by atoms with Gasteiger partial charge in [0, 0.05) is 35.5 Å². The lowest BCUT2D eigenvalue weighted by molar-refractivity contribution is -0.139. The van der Waals surface area contributed by atoms with Gasteiger partial charge in [0.15, 0.2) is 6.23 Å². The van der Waals surface area contributed by atoms with E-state index < -0.39 is 54.2 Å². The van der Waals surface area contributed by atoms with Crippen LogP contribution in [0.1, 0.15) is 89.8 Å². The highest BCUT2D eigenvalue weighted by Gasteiger charge is 2.52. The van der Waals surface area contributed by atoms with E-state index >= 15 is 4.39 Å². The van der Waals surface area contributed by atoms with E-state index in [1.165, 1.54) is 20.3 Å². The van der Waals surface area contributed by atoms with Crippen molar-refractivity contribution >= 4 is 40.9 Å². The lowest BCUT2D eigenvalue weighted by atomic mass is 10.0. The van der Waals surface area contributed by atoms with Crippen molar-refractivity contribution in [1.82, 2.24) is 44.9 Å². The van der Waals surface area contributed by atoms with Crippen molar-refractivity contribution in [3.63, 3.8) is 0 Å². The van der Waals surface area contributed by atoms with Crippen LogP contribution in [0.5, 0.6) is 5.75 Å². The molecule has 4 amide bonds. The minimum atomic E-state index is -0.920. The number of carbonyl (C=O) groups is 5. The number of likely N-dealkylation sites (tertiary alicyclic amines) is 2. The number of ether oxygens (including phenoxy) is 3. The van der Waals surface area contributed by atoms with Crippen LogP contribution in [0.25, 0.3) is 44.7 Å². The number of halogens is 1. The van der Waals surface area contributed by atoms with Crippen LogP contribution in [0.3, 0.4) is 0 Å². The summed E-state index contributed by atoms with van der Waals surface area (Å²) in [5.74, 6) is -1.88. The van der Waals surface area contributed by atoms with Crippen LogP contribution in [-0.4, -0.2) is 109 Å². The van der Waals surface area contributed by atoms with E-state index in [1.807, 2.05) is 56.5 Å². The molecule has 66 heavy (non-hydrogen) atoms. The first-order valence-electron chi connectivity index (χ1n) is 22.5.